The zero-order valence-corrected chi connectivity index (χ0v) is 15.5. The van der Waals surface area contributed by atoms with E-state index in [0.717, 1.165) is 16.8 Å². The van der Waals surface area contributed by atoms with Crippen LogP contribution >= 0.6 is 0 Å². The number of amides is 2. The number of rotatable bonds is 6. The molecule has 0 bridgehead atoms. The van der Waals surface area contributed by atoms with Gasteiger partial charge in [-0.3, -0.25) is 9.59 Å². The van der Waals surface area contributed by atoms with Gasteiger partial charge in [0, 0.05) is 6.54 Å². The lowest BCUT2D eigenvalue weighted by molar-refractivity contribution is -0.142. The lowest BCUT2D eigenvalue weighted by Gasteiger charge is -2.33. The van der Waals surface area contributed by atoms with Crippen molar-refractivity contribution in [2.24, 2.45) is 5.92 Å². The predicted octanol–water partition coefficient (Wildman–Crippen LogP) is 1.83. The summed E-state index contributed by atoms with van der Waals surface area (Å²) in [5.41, 5.74) is 3.07. The van der Waals surface area contributed by atoms with Gasteiger partial charge in [-0.15, -0.1) is 5.10 Å². The fraction of sp³-hybridized carbons (Fsp3) is 0.474. The number of aryl methyl sites for hydroxylation is 1. The van der Waals surface area contributed by atoms with Crippen LogP contribution in [0.25, 0.3) is 0 Å². The van der Waals surface area contributed by atoms with Gasteiger partial charge in [0.05, 0.1) is 18.4 Å². The lowest BCUT2D eigenvalue weighted by atomic mass is 10.0. The van der Waals surface area contributed by atoms with E-state index in [1.54, 1.807) is 15.8 Å². The zero-order chi connectivity index (χ0) is 18.7. The van der Waals surface area contributed by atoms with Crippen molar-refractivity contribution >= 4 is 11.8 Å². The van der Waals surface area contributed by atoms with Crippen LogP contribution < -0.4 is 5.32 Å². The molecule has 0 aliphatic carbocycles. The van der Waals surface area contributed by atoms with Gasteiger partial charge in [0.1, 0.15) is 12.6 Å². The molecule has 1 N–H and O–H groups in total. The summed E-state index contributed by atoms with van der Waals surface area (Å²) >= 11 is 0. The van der Waals surface area contributed by atoms with Crippen molar-refractivity contribution < 1.29 is 9.59 Å². The Hall–Kier alpha value is -2.70. The molecule has 7 nitrogen and oxygen atoms in total. The minimum atomic E-state index is -0.384. The van der Waals surface area contributed by atoms with Crippen molar-refractivity contribution in [1.29, 1.82) is 0 Å². The van der Waals surface area contributed by atoms with Crippen molar-refractivity contribution in [2.45, 2.75) is 46.3 Å². The van der Waals surface area contributed by atoms with Crippen molar-refractivity contribution in [3.05, 3.63) is 47.3 Å². The second-order valence-electron chi connectivity index (χ2n) is 7.21. The average molecular weight is 355 g/mol. The Balaban J connectivity index is 1.65. The first kappa shape index (κ1) is 18.1. The van der Waals surface area contributed by atoms with Gasteiger partial charge in [0.2, 0.25) is 11.8 Å². The Morgan fingerprint density at radius 1 is 1.35 bits per heavy atom. The second kappa shape index (κ2) is 7.68. The number of nitrogens with zero attached hydrogens (tertiary/aromatic N) is 4. The number of carbonyl (C=O) groups excluding carboxylic acids is 2. The van der Waals surface area contributed by atoms with Crippen LogP contribution in [0.15, 0.2) is 30.5 Å². The van der Waals surface area contributed by atoms with Crippen LogP contribution in [0.2, 0.25) is 0 Å². The second-order valence-corrected chi connectivity index (χ2v) is 7.21. The van der Waals surface area contributed by atoms with Crippen LogP contribution in [0.5, 0.6) is 0 Å². The molecule has 0 saturated carbocycles. The maximum absolute atomic E-state index is 12.8. The number of benzene rings is 1. The molecule has 1 unspecified atom stereocenters. The summed E-state index contributed by atoms with van der Waals surface area (Å²) < 4.78 is 1.70. The molecule has 1 atom stereocenters. The summed E-state index contributed by atoms with van der Waals surface area (Å²) in [6.07, 6.45) is 2.34. The number of hydrogen-bond donors (Lipinski definition) is 1. The van der Waals surface area contributed by atoms with Crippen molar-refractivity contribution in [1.82, 2.24) is 25.2 Å². The Morgan fingerprint density at radius 2 is 2.12 bits per heavy atom. The molecule has 1 aromatic carbocycles. The van der Waals surface area contributed by atoms with Crippen molar-refractivity contribution in [3.8, 4) is 0 Å². The fourth-order valence-electron chi connectivity index (χ4n) is 3.24. The molecular formula is C19H25N5O2. The number of hydrogen-bond acceptors (Lipinski definition) is 4. The highest BCUT2D eigenvalue weighted by molar-refractivity contribution is 5.87. The van der Waals surface area contributed by atoms with Crippen LogP contribution in [0.3, 0.4) is 0 Å². The molecule has 0 radical (unpaired) electrons. The van der Waals surface area contributed by atoms with Crippen LogP contribution in [0, 0.1) is 12.8 Å². The molecule has 0 spiro atoms. The molecule has 7 heteroatoms. The Morgan fingerprint density at radius 3 is 2.85 bits per heavy atom. The first-order valence-electron chi connectivity index (χ1n) is 8.94. The van der Waals surface area contributed by atoms with E-state index in [-0.39, 0.29) is 24.4 Å². The average Bonchev–Trinajstić information content (AvgIpc) is 3.05. The van der Waals surface area contributed by atoms with E-state index >= 15 is 0 Å². The molecule has 1 aromatic heterocycles. The van der Waals surface area contributed by atoms with E-state index in [1.807, 2.05) is 31.2 Å². The highest BCUT2D eigenvalue weighted by atomic mass is 16.2. The zero-order valence-electron chi connectivity index (χ0n) is 15.5. The molecule has 2 heterocycles. The third-order valence-corrected chi connectivity index (χ3v) is 4.66. The van der Waals surface area contributed by atoms with Gasteiger partial charge in [-0.25, -0.2) is 4.68 Å². The third kappa shape index (κ3) is 3.92. The van der Waals surface area contributed by atoms with E-state index < -0.39 is 0 Å². The number of carbonyl (C=O) groups is 2. The molecule has 0 saturated heterocycles. The Kier molecular flexibility index (Phi) is 5.35. The molecule has 0 fully saturated rings. The van der Waals surface area contributed by atoms with Gasteiger partial charge < -0.3 is 10.2 Å². The van der Waals surface area contributed by atoms with E-state index in [0.29, 0.717) is 25.4 Å². The monoisotopic (exact) mass is 355 g/mol. The van der Waals surface area contributed by atoms with Gasteiger partial charge in [-0.05, 0) is 30.4 Å². The molecule has 2 amide bonds. The van der Waals surface area contributed by atoms with E-state index in [1.165, 1.54) is 0 Å². The third-order valence-electron chi connectivity index (χ3n) is 4.66. The van der Waals surface area contributed by atoms with Crippen LogP contribution in [0.1, 0.15) is 43.1 Å². The first-order valence-corrected chi connectivity index (χ1v) is 8.94. The standard InChI is InChI=1S/C19H25N5O2/c1-13(2)8-17-19(26)23(11-16-10-21-22-24(16)17)12-18(25)20-9-15-7-5-4-6-14(15)3/h4-7,10,13,17H,8-9,11-12H2,1-3H3,(H,20,25). The Labute approximate surface area is 153 Å². The number of aromatic nitrogens is 3. The van der Waals surface area contributed by atoms with Gasteiger partial charge in [0.15, 0.2) is 0 Å². The summed E-state index contributed by atoms with van der Waals surface area (Å²) in [6.45, 7) is 7.01. The minimum Gasteiger partial charge on any atom is -0.350 e. The minimum absolute atomic E-state index is 0.0461. The molecule has 1 aliphatic heterocycles. The normalized spacial score (nSPS) is 16.7. The maximum Gasteiger partial charge on any atom is 0.248 e. The first-order chi connectivity index (χ1) is 12.5. The van der Waals surface area contributed by atoms with Crippen LogP contribution in [-0.2, 0) is 22.7 Å². The number of nitrogens with one attached hydrogen (secondary N) is 1. The fourth-order valence-corrected chi connectivity index (χ4v) is 3.24. The summed E-state index contributed by atoms with van der Waals surface area (Å²) in [7, 11) is 0. The maximum atomic E-state index is 12.8. The predicted molar refractivity (Wildman–Crippen MR) is 97.0 cm³/mol. The topological polar surface area (TPSA) is 80.1 Å². The molecule has 138 valence electrons. The largest absolute Gasteiger partial charge is 0.350 e. The van der Waals surface area contributed by atoms with Gasteiger partial charge in [-0.2, -0.15) is 0 Å². The SMILES string of the molecule is Cc1ccccc1CNC(=O)CN1Cc2cnnn2C(CC(C)C)C1=O. The highest BCUT2D eigenvalue weighted by Gasteiger charge is 2.35. The van der Waals surface area contributed by atoms with Crippen LogP contribution in [0.4, 0.5) is 0 Å². The summed E-state index contributed by atoms with van der Waals surface area (Å²) in [5.74, 6) is 0.115. The van der Waals surface area contributed by atoms with Crippen LogP contribution in [-0.4, -0.2) is 38.3 Å². The molecule has 2 aromatic rings. The smallest absolute Gasteiger partial charge is 0.248 e. The van der Waals surface area contributed by atoms with Gasteiger partial charge in [-0.1, -0.05) is 43.3 Å². The van der Waals surface area contributed by atoms with E-state index in [9.17, 15) is 9.59 Å². The van der Waals surface area contributed by atoms with Gasteiger partial charge >= 0.3 is 0 Å². The van der Waals surface area contributed by atoms with Crippen molar-refractivity contribution in [2.75, 3.05) is 6.54 Å². The summed E-state index contributed by atoms with van der Waals surface area (Å²) in [4.78, 5) is 26.8. The van der Waals surface area contributed by atoms with Crippen molar-refractivity contribution in [3.63, 3.8) is 0 Å². The summed E-state index contributed by atoms with van der Waals surface area (Å²) in [5, 5.41) is 10.9. The molecule has 3 rings (SSSR count). The molecular weight excluding hydrogens is 330 g/mol. The van der Waals surface area contributed by atoms with E-state index in [2.05, 4.69) is 29.5 Å². The van der Waals surface area contributed by atoms with E-state index in [4.69, 9.17) is 0 Å². The van der Waals surface area contributed by atoms with Gasteiger partial charge in [0.25, 0.3) is 0 Å². The highest BCUT2D eigenvalue weighted by Crippen LogP contribution is 2.26. The number of fused-ring (bicyclic) bond motifs is 1. The Bertz CT molecular complexity index is 799. The lowest BCUT2D eigenvalue weighted by Crippen LogP contribution is -2.47. The summed E-state index contributed by atoms with van der Waals surface area (Å²) in [6, 6.07) is 7.54. The quantitative estimate of drug-likeness (QED) is 0.857. The molecule has 1 aliphatic rings. The molecule has 26 heavy (non-hydrogen) atoms.